The van der Waals surface area contributed by atoms with E-state index in [0.717, 1.165) is 12.6 Å². The summed E-state index contributed by atoms with van der Waals surface area (Å²) in [6.07, 6.45) is 2.78. The van der Waals surface area contributed by atoms with E-state index in [1.807, 2.05) is 0 Å². The monoisotopic (exact) mass is 184 g/mol. The van der Waals surface area contributed by atoms with Crippen molar-refractivity contribution in [3.8, 4) is 0 Å². The molecule has 1 aliphatic carbocycles. The smallest absolute Gasteiger partial charge is 0.00965 e. The summed E-state index contributed by atoms with van der Waals surface area (Å²) in [5.74, 6) is 0. The van der Waals surface area contributed by atoms with Gasteiger partial charge in [-0.25, -0.2) is 0 Å². The van der Waals surface area contributed by atoms with Gasteiger partial charge in [-0.1, -0.05) is 20.8 Å². The highest BCUT2D eigenvalue weighted by Gasteiger charge is 2.33. The van der Waals surface area contributed by atoms with Gasteiger partial charge in [-0.3, -0.25) is 0 Å². The Morgan fingerprint density at radius 2 is 2.00 bits per heavy atom. The van der Waals surface area contributed by atoms with Gasteiger partial charge in [-0.15, -0.1) is 0 Å². The quantitative estimate of drug-likeness (QED) is 0.706. The molecule has 0 amide bonds. The van der Waals surface area contributed by atoms with Crippen LogP contribution in [0.25, 0.3) is 0 Å². The molecule has 0 spiro atoms. The molecule has 0 aromatic rings. The standard InChI is InChI=1S/C11H24N2/c1-5-13(10-6-7-10)8-11(3,4)9(2)12/h9-10H,5-8,12H2,1-4H3. The highest BCUT2D eigenvalue weighted by molar-refractivity contribution is 4.89. The maximum absolute atomic E-state index is 5.97. The molecule has 1 saturated carbocycles. The molecule has 0 aromatic carbocycles. The van der Waals surface area contributed by atoms with Crippen LogP contribution < -0.4 is 5.73 Å². The number of hydrogen-bond acceptors (Lipinski definition) is 2. The van der Waals surface area contributed by atoms with E-state index in [4.69, 9.17) is 5.73 Å². The van der Waals surface area contributed by atoms with E-state index in [1.165, 1.54) is 19.4 Å². The van der Waals surface area contributed by atoms with Crippen LogP contribution in [-0.2, 0) is 0 Å². The van der Waals surface area contributed by atoms with Gasteiger partial charge in [0.2, 0.25) is 0 Å². The van der Waals surface area contributed by atoms with Crippen molar-refractivity contribution in [2.45, 2.75) is 52.6 Å². The van der Waals surface area contributed by atoms with E-state index >= 15 is 0 Å². The molecule has 2 nitrogen and oxygen atoms in total. The molecule has 0 bridgehead atoms. The second kappa shape index (κ2) is 3.97. The van der Waals surface area contributed by atoms with Crippen LogP contribution >= 0.6 is 0 Å². The van der Waals surface area contributed by atoms with Crippen molar-refractivity contribution in [1.82, 2.24) is 4.90 Å². The average Bonchev–Trinajstić information content (AvgIpc) is 2.82. The minimum atomic E-state index is 0.249. The van der Waals surface area contributed by atoms with Gasteiger partial charge < -0.3 is 10.6 Å². The zero-order chi connectivity index (χ0) is 10.1. The lowest BCUT2D eigenvalue weighted by Crippen LogP contribution is -2.44. The van der Waals surface area contributed by atoms with Gasteiger partial charge in [-0.05, 0) is 31.7 Å². The molecule has 0 saturated heterocycles. The summed E-state index contributed by atoms with van der Waals surface area (Å²) in [5, 5.41) is 0. The normalized spacial score (nSPS) is 20.8. The third kappa shape index (κ3) is 2.96. The second-order valence-corrected chi connectivity index (χ2v) is 5.07. The Labute approximate surface area is 82.5 Å². The maximum Gasteiger partial charge on any atom is 0.00965 e. The van der Waals surface area contributed by atoms with Crippen LogP contribution in [0.5, 0.6) is 0 Å². The van der Waals surface area contributed by atoms with Crippen molar-refractivity contribution in [3.63, 3.8) is 0 Å². The first-order valence-corrected chi connectivity index (χ1v) is 5.47. The Balaban J connectivity index is 2.43. The van der Waals surface area contributed by atoms with E-state index in [0.29, 0.717) is 0 Å². The van der Waals surface area contributed by atoms with Crippen LogP contribution in [0.2, 0.25) is 0 Å². The Hall–Kier alpha value is -0.0800. The van der Waals surface area contributed by atoms with E-state index in [2.05, 4.69) is 32.6 Å². The van der Waals surface area contributed by atoms with Crippen LogP contribution in [0.3, 0.4) is 0 Å². The first kappa shape index (κ1) is 11.0. The van der Waals surface area contributed by atoms with Gasteiger partial charge in [-0.2, -0.15) is 0 Å². The summed E-state index contributed by atoms with van der Waals surface area (Å²) in [5.41, 5.74) is 6.22. The number of hydrogen-bond donors (Lipinski definition) is 1. The molecule has 0 aromatic heterocycles. The zero-order valence-corrected chi connectivity index (χ0v) is 9.51. The highest BCUT2D eigenvalue weighted by Crippen LogP contribution is 2.30. The first-order valence-electron chi connectivity index (χ1n) is 5.47. The predicted molar refractivity (Wildman–Crippen MR) is 57.7 cm³/mol. The predicted octanol–water partition coefficient (Wildman–Crippen LogP) is 1.84. The molecule has 1 rings (SSSR count). The number of nitrogens with zero attached hydrogens (tertiary/aromatic N) is 1. The highest BCUT2D eigenvalue weighted by atomic mass is 15.2. The van der Waals surface area contributed by atoms with E-state index in [-0.39, 0.29) is 11.5 Å². The molecule has 0 aliphatic heterocycles. The molecular weight excluding hydrogens is 160 g/mol. The summed E-state index contributed by atoms with van der Waals surface area (Å²) in [7, 11) is 0. The topological polar surface area (TPSA) is 29.3 Å². The van der Waals surface area contributed by atoms with Crippen LogP contribution in [-0.4, -0.2) is 30.1 Å². The maximum atomic E-state index is 5.97. The molecule has 13 heavy (non-hydrogen) atoms. The van der Waals surface area contributed by atoms with Gasteiger partial charge in [0.05, 0.1) is 0 Å². The molecule has 2 N–H and O–H groups in total. The minimum absolute atomic E-state index is 0.249. The van der Waals surface area contributed by atoms with Crippen molar-refractivity contribution in [2.75, 3.05) is 13.1 Å². The summed E-state index contributed by atoms with van der Waals surface area (Å²) >= 11 is 0. The first-order chi connectivity index (χ1) is 5.97. The Morgan fingerprint density at radius 3 is 2.31 bits per heavy atom. The van der Waals surface area contributed by atoms with Crippen molar-refractivity contribution in [3.05, 3.63) is 0 Å². The summed E-state index contributed by atoms with van der Waals surface area (Å²) in [6.45, 7) is 11.2. The zero-order valence-electron chi connectivity index (χ0n) is 9.51. The van der Waals surface area contributed by atoms with Crippen LogP contribution in [0.15, 0.2) is 0 Å². The molecule has 2 heteroatoms. The van der Waals surface area contributed by atoms with Gasteiger partial charge in [0.1, 0.15) is 0 Å². The second-order valence-electron chi connectivity index (χ2n) is 5.07. The van der Waals surface area contributed by atoms with Crippen LogP contribution in [0.4, 0.5) is 0 Å². The molecule has 0 heterocycles. The van der Waals surface area contributed by atoms with Crippen molar-refractivity contribution >= 4 is 0 Å². The molecule has 1 fully saturated rings. The van der Waals surface area contributed by atoms with Crippen LogP contribution in [0.1, 0.15) is 40.5 Å². The fourth-order valence-corrected chi connectivity index (χ4v) is 1.61. The van der Waals surface area contributed by atoms with E-state index < -0.39 is 0 Å². The summed E-state index contributed by atoms with van der Waals surface area (Å²) < 4.78 is 0. The molecule has 1 atom stereocenters. The lowest BCUT2D eigenvalue weighted by molar-refractivity contribution is 0.156. The van der Waals surface area contributed by atoms with E-state index in [9.17, 15) is 0 Å². The largest absolute Gasteiger partial charge is 0.327 e. The molecule has 0 radical (unpaired) electrons. The summed E-state index contributed by atoms with van der Waals surface area (Å²) in [4.78, 5) is 2.57. The van der Waals surface area contributed by atoms with Gasteiger partial charge in [0, 0.05) is 18.6 Å². The number of rotatable bonds is 5. The van der Waals surface area contributed by atoms with Crippen molar-refractivity contribution in [1.29, 1.82) is 0 Å². The molecule has 1 unspecified atom stereocenters. The lowest BCUT2D eigenvalue weighted by Gasteiger charge is -2.35. The van der Waals surface area contributed by atoms with E-state index in [1.54, 1.807) is 0 Å². The molecular formula is C11H24N2. The summed E-state index contributed by atoms with van der Waals surface area (Å²) in [6, 6.07) is 1.14. The fraction of sp³-hybridized carbons (Fsp3) is 1.00. The lowest BCUT2D eigenvalue weighted by atomic mass is 9.85. The Bertz CT molecular complexity index is 159. The third-order valence-corrected chi connectivity index (χ3v) is 3.31. The Morgan fingerprint density at radius 1 is 1.46 bits per heavy atom. The van der Waals surface area contributed by atoms with Crippen LogP contribution in [0, 0.1) is 5.41 Å². The number of nitrogens with two attached hydrogens (primary N) is 1. The van der Waals surface area contributed by atoms with Crippen molar-refractivity contribution in [2.24, 2.45) is 11.1 Å². The van der Waals surface area contributed by atoms with Gasteiger partial charge in [0.25, 0.3) is 0 Å². The molecule has 1 aliphatic rings. The SMILES string of the molecule is CCN(CC(C)(C)C(C)N)C1CC1. The van der Waals surface area contributed by atoms with Gasteiger partial charge in [0.15, 0.2) is 0 Å². The minimum Gasteiger partial charge on any atom is -0.327 e. The molecule has 78 valence electrons. The van der Waals surface area contributed by atoms with Gasteiger partial charge >= 0.3 is 0 Å². The fourth-order valence-electron chi connectivity index (χ4n) is 1.61. The third-order valence-electron chi connectivity index (χ3n) is 3.31. The van der Waals surface area contributed by atoms with Crippen molar-refractivity contribution < 1.29 is 0 Å². The Kier molecular flexibility index (Phi) is 3.36. The average molecular weight is 184 g/mol.